The zero-order valence-corrected chi connectivity index (χ0v) is 22.0. The van der Waals surface area contributed by atoms with Crippen LogP contribution in [0.5, 0.6) is 0 Å². The van der Waals surface area contributed by atoms with Crippen molar-refractivity contribution in [2.24, 2.45) is 11.3 Å². The summed E-state index contributed by atoms with van der Waals surface area (Å²) in [5.41, 5.74) is 1.80. The van der Waals surface area contributed by atoms with Gasteiger partial charge in [-0.3, -0.25) is 14.3 Å². The summed E-state index contributed by atoms with van der Waals surface area (Å²) in [5.74, 6) is -2.22. The highest BCUT2D eigenvalue weighted by Gasteiger charge is 2.25. The van der Waals surface area contributed by atoms with E-state index in [9.17, 15) is 22.4 Å². The Labute approximate surface area is 207 Å². The molecule has 0 saturated heterocycles. The Hall–Kier alpha value is -2.94. The number of anilines is 1. The number of benzene rings is 2. The van der Waals surface area contributed by atoms with Gasteiger partial charge in [0.15, 0.2) is 0 Å². The van der Waals surface area contributed by atoms with Crippen molar-refractivity contribution >= 4 is 27.6 Å². The Bertz CT molecular complexity index is 1140. The summed E-state index contributed by atoms with van der Waals surface area (Å²) < 4.78 is 44.7. The third-order valence-corrected chi connectivity index (χ3v) is 6.04. The zero-order valence-electron chi connectivity index (χ0n) is 21.1. The number of rotatable bonds is 10. The molecule has 9 heteroatoms. The first-order chi connectivity index (χ1) is 16.2. The fraction of sp³-hybridized carbons (Fsp3) is 0.462. The van der Waals surface area contributed by atoms with Gasteiger partial charge in [0.05, 0.1) is 29.9 Å². The summed E-state index contributed by atoms with van der Waals surface area (Å²) in [6.45, 7) is 9.41. The molecule has 0 spiro atoms. The average Bonchev–Trinajstić information content (AvgIpc) is 2.75. The van der Waals surface area contributed by atoms with E-state index in [0.29, 0.717) is 12.0 Å². The van der Waals surface area contributed by atoms with Crippen molar-refractivity contribution in [3.05, 3.63) is 65.0 Å². The normalized spacial score (nSPS) is 13.6. The van der Waals surface area contributed by atoms with Crippen LogP contribution in [-0.4, -0.2) is 39.7 Å². The molecule has 0 bridgehead atoms. The molecule has 0 aliphatic heterocycles. The van der Waals surface area contributed by atoms with Crippen LogP contribution in [0.2, 0.25) is 0 Å². The number of aryl methyl sites for hydroxylation is 1. The van der Waals surface area contributed by atoms with Gasteiger partial charge in [-0.05, 0) is 64.3 Å². The molecule has 1 amide bonds. The molecule has 2 rings (SSSR count). The van der Waals surface area contributed by atoms with Gasteiger partial charge in [-0.25, -0.2) is 12.8 Å². The van der Waals surface area contributed by atoms with E-state index in [2.05, 4.69) is 10.0 Å². The van der Waals surface area contributed by atoms with Crippen molar-refractivity contribution in [3.8, 4) is 0 Å². The number of hydrogen-bond acceptors (Lipinski definition) is 5. The summed E-state index contributed by atoms with van der Waals surface area (Å²) in [5, 5.41) is 2.88. The smallest absolute Gasteiger partial charge is 0.311 e. The third kappa shape index (κ3) is 9.32. The Morgan fingerprint density at radius 2 is 1.71 bits per heavy atom. The van der Waals surface area contributed by atoms with E-state index in [-0.39, 0.29) is 36.6 Å². The van der Waals surface area contributed by atoms with E-state index in [0.717, 1.165) is 23.4 Å². The molecule has 2 N–H and O–H groups in total. The maximum Gasteiger partial charge on any atom is 0.311 e. The minimum absolute atomic E-state index is 0.152. The van der Waals surface area contributed by atoms with Gasteiger partial charge in [-0.1, -0.05) is 35.9 Å². The lowest BCUT2D eigenvalue weighted by atomic mass is 9.96. The lowest BCUT2D eigenvalue weighted by Crippen LogP contribution is -2.36. The van der Waals surface area contributed by atoms with Gasteiger partial charge in [0, 0.05) is 12.5 Å². The number of sulfonamides is 1. The molecule has 2 aromatic carbocycles. The zero-order chi connectivity index (χ0) is 26.4. The van der Waals surface area contributed by atoms with Crippen LogP contribution in [0.15, 0.2) is 42.5 Å². The minimum atomic E-state index is -3.62. The van der Waals surface area contributed by atoms with Crippen LogP contribution in [-0.2, 0) is 30.8 Å². The minimum Gasteiger partial charge on any atom is -0.465 e. The number of esters is 1. The monoisotopic (exact) mass is 506 g/mol. The largest absolute Gasteiger partial charge is 0.465 e. The topological polar surface area (TPSA) is 102 Å². The second kappa shape index (κ2) is 11.7. The molecule has 2 atom stereocenters. The van der Waals surface area contributed by atoms with Crippen LogP contribution < -0.4 is 10.0 Å². The molecule has 0 heterocycles. The summed E-state index contributed by atoms with van der Waals surface area (Å²) in [6, 6.07) is 12.0. The summed E-state index contributed by atoms with van der Waals surface area (Å²) in [7, 11) is -3.62. The standard InChI is InChI=1S/C26H35FN2O5S/c1-17-7-9-19(10-8-17)13-20(16-34-25(31)26(3,4)5)15-28-24(30)18(2)21-11-12-23(22(27)14-21)29-35(6,32)33/h7-12,14,18,20,29H,13,15-16H2,1-6H3,(H,28,30)/t18-,20?/m0/s1. The average molecular weight is 507 g/mol. The molecular weight excluding hydrogens is 471 g/mol. The van der Waals surface area contributed by atoms with Crippen LogP contribution in [0.25, 0.3) is 0 Å². The number of ether oxygens (including phenoxy) is 1. The van der Waals surface area contributed by atoms with Crippen molar-refractivity contribution in [1.29, 1.82) is 0 Å². The fourth-order valence-corrected chi connectivity index (χ4v) is 3.86. The van der Waals surface area contributed by atoms with Gasteiger partial charge in [-0.2, -0.15) is 0 Å². The fourth-order valence-electron chi connectivity index (χ4n) is 3.29. The van der Waals surface area contributed by atoms with Crippen molar-refractivity contribution in [1.82, 2.24) is 5.32 Å². The van der Waals surface area contributed by atoms with Gasteiger partial charge in [0.25, 0.3) is 0 Å². The maximum absolute atomic E-state index is 14.4. The first-order valence-corrected chi connectivity index (χ1v) is 13.3. The molecule has 2 aromatic rings. The molecule has 7 nitrogen and oxygen atoms in total. The first kappa shape index (κ1) is 28.3. The van der Waals surface area contributed by atoms with E-state index in [1.54, 1.807) is 27.7 Å². The van der Waals surface area contributed by atoms with Gasteiger partial charge in [0.2, 0.25) is 15.9 Å². The summed E-state index contributed by atoms with van der Waals surface area (Å²) in [4.78, 5) is 25.1. The molecule has 1 unspecified atom stereocenters. The number of amides is 1. The van der Waals surface area contributed by atoms with Crippen LogP contribution in [0.3, 0.4) is 0 Å². The van der Waals surface area contributed by atoms with Gasteiger partial charge >= 0.3 is 5.97 Å². The number of hydrogen-bond donors (Lipinski definition) is 2. The Morgan fingerprint density at radius 1 is 1.09 bits per heavy atom. The summed E-state index contributed by atoms with van der Waals surface area (Å²) in [6.07, 6.45) is 1.54. The number of halogens is 1. The Morgan fingerprint density at radius 3 is 2.26 bits per heavy atom. The molecule has 35 heavy (non-hydrogen) atoms. The highest BCUT2D eigenvalue weighted by atomic mass is 32.2. The molecule has 192 valence electrons. The maximum atomic E-state index is 14.4. The predicted octanol–water partition coefficient (Wildman–Crippen LogP) is 4.17. The van der Waals surface area contributed by atoms with Crippen molar-refractivity contribution in [2.45, 2.75) is 47.0 Å². The highest BCUT2D eigenvalue weighted by molar-refractivity contribution is 7.92. The molecule has 0 radical (unpaired) electrons. The number of carbonyl (C=O) groups is 2. The summed E-state index contributed by atoms with van der Waals surface area (Å²) >= 11 is 0. The van der Waals surface area contributed by atoms with Crippen molar-refractivity contribution in [3.63, 3.8) is 0 Å². The van der Waals surface area contributed by atoms with Crippen LogP contribution in [0, 0.1) is 24.1 Å². The second-order valence-corrected chi connectivity index (χ2v) is 11.7. The molecule has 0 aromatic heterocycles. The Balaban J connectivity index is 2.07. The quantitative estimate of drug-likeness (QED) is 0.471. The first-order valence-electron chi connectivity index (χ1n) is 11.4. The van der Waals surface area contributed by atoms with Gasteiger partial charge in [0.1, 0.15) is 5.82 Å². The van der Waals surface area contributed by atoms with E-state index in [4.69, 9.17) is 4.74 Å². The van der Waals surface area contributed by atoms with Gasteiger partial charge < -0.3 is 10.1 Å². The SMILES string of the molecule is Cc1ccc(CC(CNC(=O)[C@@H](C)c2ccc(NS(C)(=O)=O)c(F)c2)COC(=O)C(C)(C)C)cc1. The van der Waals surface area contributed by atoms with E-state index in [1.165, 1.54) is 12.1 Å². The van der Waals surface area contributed by atoms with Gasteiger partial charge in [-0.15, -0.1) is 0 Å². The number of carbonyl (C=O) groups excluding carboxylic acids is 2. The third-order valence-electron chi connectivity index (χ3n) is 5.45. The highest BCUT2D eigenvalue weighted by Crippen LogP contribution is 2.23. The van der Waals surface area contributed by atoms with Crippen molar-refractivity contribution in [2.75, 3.05) is 24.1 Å². The molecule has 0 aliphatic carbocycles. The molecule has 0 aliphatic rings. The van der Waals surface area contributed by atoms with E-state index < -0.39 is 27.2 Å². The van der Waals surface area contributed by atoms with Crippen LogP contribution >= 0.6 is 0 Å². The number of nitrogens with one attached hydrogen (secondary N) is 2. The second-order valence-electron chi connectivity index (χ2n) is 9.98. The molecule has 0 fully saturated rings. The van der Waals surface area contributed by atoms with Crippen LogP contribution in [0.1, 0.15) is 50.3 Å². The molecular formula is C26H35FN2O5S. The van der Waals surface area contributed by atoms with E-state index in [1.807, 2.05) is 31.2 Å². The van der Waals surface area contributed by atoms with Crippen LogP contribution in [0.4, 0.5) is 10.1 Å². The Kier molecular flexibility index (Phi) is 9.43. The molecule has 0 saturated carbocycles. The van der Waals surface area contributed by atoms with E-state index >= 15 is 0 Å². The van der Waals surface area contributed by atoms with Crippen molar-refractivity contribution < 1.29 is 27.1 Å². The lowest BCUT2D eigenvalue weighted by molar-refractivity contribution is -0.154. The predicted molar refractivity (Wildman–Crippen MR) is 135 cm³/mol. The lowest BCUT2D eigenvalue weighted by Gasteiger charge is -2.22.